The summed E-state index contributed by atoms with van der Waals surface area (Å²) in [5.41, 5.74) is 6.01. The van der Waals surface area contributed by atoms with Gasteiger partial charge in [-0.05, 0) is 18.8 Å². The van der Waals surface area contributed by atoms with E-state index in [4.69, 9.17) is 16.1 Å². The number of hydrogen-bond donors (Lipinski definition) is 3. The van der Waals surface area contributed by atoms with Crippen LogP contribution in [0.1, 0.15) is 18.4 Å². The van der Waals surface area contributed by atoms with Crippen LogP contribution in [0, 0.1) is 17.2 Å². The van der Waals surface area contributed by atoms with Crippen LogP contribution in [0.5, 0.6) is 0 Å². The highest BCUT2D eigenvalue weighted by molar-refractivity contribution is 5.64. The Labute approximate surface area is 93.7 Å². The molecule has 1 aromatic heterocycles. The van der Waals surface area contributed by atoms with Crippen molar-refractivity contribution in [2.75, 3.05) is 30.3 Å². The number of H-pyrrole nitrogens is 1. The highest BCUT2D eigenvalue weighted by Gasteiger charge is 2.24. The van der Waals surface area contributed by atoms with Crippen molar-refractivity contribution in [3.8, 4) is 6.07 Å². The molecular formula is C10H15N5O. The summed E-state index contributed by atoms with van der Waals surface area (Å²) in [7, 11) is 0. The highest BCUT2D eigenvalue weighted by Crippen LogP contribution is 2.26. The zero-order chi connectivity index (χ0) is 11.5. The number of anilines is 2. The Kier molecular flexibility index (Phi) is 2.97. The quantitative estimate of drug-likeness (QED) is 0.656. The Morgan fingerprint density at radius 2 is 2.50 bits per heavy atom. The number of nitrogens with zero attached hydrogens (tertiary/aromatic N) is 3. The number of piperidine rings is 1. The Bertz CT molecular complexity index is 408. The lowest BCUT2D eigenvalue weighted by atomic mass is 9.99. The van der Waals surface area contributed by atoms with Crippen molar-refractivity contribution in [3.63, 3.8) is 0 Å². The zero-order valence-corrected chi connectivity index (χ0v) is 8.98. The Morgan fingerprint density at radius 3 is 3.19 bits per heavy atom. The number of hydrogen-bond acceptors (Lipinski definition) is 5. The van der Waals surface area contributed by atoms with Crippen LogP contribution in [0.4, 0.5) is 11.6 Å². The third kappa shape index (κ3) is 1.82. The maximum Gasteiger partial charge on any atom is 0.170 e. The second-order valence-electron chi connectivity index (χ2n) is 4.08. The van der Waals surface area contributed by atoms with E-state index >= 15 is 0 Å². The minimum absolute atomic E-state index is 0.179. The van der Waals surface area contributed by atoms with Gasteiger partial charge in [-0.2, -0.15) is 10.4 Å². The van der Waals surface area contributed by atoms with Gasteiger partial charge in [0.2, 0.25) is 0 Å². The monoisotopic (exact) mass is 221 g/mol. The van der Waals surface area contributed by atoms with Crippen molar-refractivity contribution in [3.05, 3.63) is 5.56 Å². The fraction of sp³-hybridized carbons (Fsp3) is 0.600. The average molecular weight is 221 g/mol. The summed E-state index contributed by atoms with van der Waals surface area (Å²) in [4.78, 5) is 2.01. The van der Waals surface area contributed by atoms with Gasteiger partial charge in [0, 0.05) is 19.7 Å². The van der Waals surface area contributed by atoms with Crippen molar-refractivity contribution in [1.29, 1.82) is 5.26 Å². The molecule has 0 aromatic carbocycles. The van der Waals surface area contributed by atoms with Gasteiger partial charge in [0.05, 0.1) is 0 Å². The van der Waals surface area contributed by atoms with Crippen molar-refractivity contribution >= 4 is 11.6 Å². The molecular weight excluding hydrogens is 206 g/mol. The fourth-order valence-corrected chi connectivity index (χ4v) is 2.09. The molecule has 1 aliphatic heterocycles. The normalized spacial score (nSPS) is 20.8. The first-order chi connectivity index (χ1) is 7.76. The number of rotatable bonds is 2. The van der Waals surface area contributed by atoms with Crippen LogP contribution >= 0.6 is 0 Å². The molecule has 86 valence electrons. The average Bonchev–Trinajstić information content (AvgIpc) is 2.70. The lowest BCUT2D eigenvalue weighted by Crippen LogP contribution is -2.37. The Morgan fingerprint density at radius 1 is 1.69 bits per heavy atom. The zero-order valence-electron chi connectivity index (χ0n) is 8.98. The molecule has 1 atom stereocenters. The van der Waals surface area contributed by atoms with Gasteiger partial charge in [-0.25, -0.2) is 0 Å². The van der Waals surface area contributed by atoms with Gasteiger partial charge in [0.1, 0.15) is 17.5 Å². The number of nitrogens with one attached hydrogen (secondary N) is 1. The van der Waals surface area contributed by atoms with E-state index in [-0.39, 0.29) is 12.5 Å². The standard InChI is InChI=1S/C10H15N5O/c11-4-8-9(12)13-14-10(8)15-3-1-2-7(5-15)6-16/h7,16H,1-3,5-6H2,(H3,12,13,14). The number of nitrogens with two attached hydrogens (primary N) is 1. The SMILES string of the molecule is N#Cc1c(N2CCCC(CO)C2)n[nH]c1N. The van der Waals surface area contributed by atoms with Gasteiger partial charge >= 0.3 is 0 Å². The maximum atomic E-state index is 9.14. The van der Waals surface area contributed by atoms with Crippen LogP contribution < -0.4 is 10.6 Å². The number of nitrogen functional groups attached to an aromatic ring is 1. The lowest BCUT2D eigenvalue weighted by Gasteiger charge is -2.31. The van der Waals surface area contributed by atoms with Gasteiger partial charge < -0.3 is 15.7 Å². The molecule has 2 heterocycles. The summed E-state index contributed by atoms with van der Waals surface area (Å²) in [6.45, 7) is 1.77. The van der Waals surface area contributed by atoms with E-state index in [9.17, 15) is 0 Å². The topological polar surface area (TPSA) is 102 Å². The van der Waals surface area contributed by atoms with Crippen LogP contribution in [-0.2, 0) is 0 Å². The van der Waals surface area contributed by atoms with Gasteiger partial charge in [-0.15, -0.1) is 0 Å². The van der Waals surface area contributed by atoms with E-state index in [1.165, 1.54) is 0 Å². The third-order valence-corrected chi connectivity index (χ3v) is 2.96. The summed E-state index contributed by atoms with van der Waals surface area (Å²) < 4.78 is 0. The van der Waals surface area contributed by atoms with Crippen molar-refractivity contribution < 1.29 is 5.11 Å². The molecule has 1 saturated heterocycles. The third-order valence-electron chi connectivity index (χ3n) is 2.96. The lowest BCUT2D eigenvalue weighted by molar-refractivity contribution is 0.208. The van der Waals surface area contributed by atoms with Crippen molar-refractivity contribution in [2.45, 2.75) is 12.8 Å². The Hall–Kier alpha value is -1.74. The smallest absolute Gasteiger partial charge is 0.170 e. The van der Waals surface area contributed by atoms with Crippen molar-refractivity contribution in [1.82, 2.24) is 10.2 Å². The molecule has 0 saturated carbocycles. The number of aromatic amines is 1. The maximum absolute atomic E-state index is 9.14. The first kappa shape index (κ1) is 10.8. The van der Waals surface area contributed by atoms with E-state index in [1.54, 1.807) is 0 Å². The van der Waals surface area contributed by atoms with Gasteiger partial charge in [0.15, 0.2) is 5.82 Å². The minimum Gasteiger partial charge on any atom is -0.396 e. The summed E-state index contributed by atoms with van der Waals surface area (Å²) in [6.07, 6.45) is 2.03. The van der Waals surface area contributed by atoms with Crippen LogP contribution in [0.3, 0.4) is 0 Å². The van der Waals surface area contributed by atoms with Crippen molar-refractivity contribution in [2.24, 2.45) is 5.92 Å². The van der Waals surface area contributed by atoms with Crippen LogP contribution in [0.2, 0.25) is 0 Å². The van der Waals surface area contributed by atoms with Crippen LogP contribution in [0.15, 0.2) is 0 Å². The molecule has 2 rings (SSSR count). The number of aromatic nitrogens is 2. The fourth-order valence-electron chi connectivity index (χ4n) is 2.09. The first-order valence-electron chi connectivity index (χ1n) is 5.36. The molecule has 0 aliphatic carbocycles. The molecule has 1 unspecified atom stereocenters. The molecule has 4 N–H and O–H groups in total. The predicted octanol–water partition coefficient (Wildman–Crippen LogP) is 0.0723. The van der Waals surface area contributed by atoms with E-state index in [1.807, 2.05) is 4.90 Å². The summed E-state index contributed by atoms with van der Waals surface area (Å²) in [5, 5.41) is 24.8. The molecule has 6 nitrogen and oxygen atoms in total. The van der Waals surface area contributed by atoms with E-state index in [0.29, 0.717) is 17.2 Å². The highest BCUT2D eigenvalue weighted by atomic mass is 16.3. The Balaban J connectivity index is 2.20. The van der Waals surface area contributed by atoms with Crippen LogP contribution in [0.25, 0.3) is 0 Å². The number of aliphatic hydroxyl groups excluding tert-OH is 1. The molecule has 1 aromatic rings. The van der Waals surface area contributed by atoms with Gasteiger partial charge in [-0.1, -0.05) is 0 Å². The second kappa shape index (κ2) is 4.41. The van der Waals surface area contributed by atoms with E-state index in [2.05, 4.69) is 16.3 Å². The largest absolute Gasteiger partial charge is 0.396 e. The molecule has 0 amide bonds. The van der Waals surface area contributed by atoms with Crippen LogP contribution in [-0.4, -0.2) is 35.0 Å². The summed E-state index contributed by atoms with van der Waals surface area (Å²) >= 11 is 0. The molecule has 16 heavy (non-hydrogen) atoms. The number of aliphatic hydroxyl groups is 1. The van der Waals surface area contributed by atoms with E-state index in [0.717, 1.165) is 25.9 Å². The molecule has 1 aliphatic rings. The van der Waals surface area contributed by atoms with E-state index < -0.39 is 0 Å². The molecule has 6 heteroatoms. The van der Waals surface area contributed by atoms with Gasteiger partial charge in [-0.3, -0.25) is 5.10 Å². The minimum atomic E-state index is 0.179. The predicted molar refractivity (Wildman–Crippen MR) is 59.7 cm³/mol. The molecule has 0 spiro atoms. The second-order valence-corrected chi connectivity index (χ2v) is 4.08. The summed E-state index contributed by atoms with van der Waals surface area (Å²) in [5.74, 6) is 1.18. The van der Waals surface area contributed by atoms with Gasteiger partial charge in [0.25, 0.3) is 0 Å². The molecule has 1 fully saturated rings. The molecule has 0 bridgehead atoms. The first-order valence-corrected chi connectivity index (χ1v) is 5.36. The number of nitriles is 1. The summed E-state index contributed by atoms with van der Waals surface area (Å²) in [6, 6.07) is 2.05. The molecule has 0 radical (unpaired) electrons.